The Morgan fingerprint density at radius 3 is 2.36 bits per heavy atom. The van der Waals surface area contributed by atoms with Gasteiger partial charge in [-0.2, -0.15) is 13.2 Å². The molecule has 0 aliphatic carbocycles. The molecule has 5 rings (SSSR count). The van der Waals surface area contributed by atoms with E-state index in [9.17, 15) is 22.8 Å². The van der Waals surface area contributed by atoms with E-state index in [1.807, 2.05) is 49.4 Å². The van der Waals surface area contributed by atoms with Crippen molar-refractivity contribution < 1.29 is 37.3 Å². The first-order valence-corrected chi connectivity index (χ1v) is 16.7. The monoisotopic (exact) mass is 685 g/mol. The van der Waals surface area contributed by atoms with Crippen LogP contribution in [0.3, 0.4) is 0 Å². The fourth-order valence-electron chi connectivity index (χ4n) is 4.89. The van der Waals surface area contributed by atoms with E-state index in [1.165, 1.54) is 30.4 Å². The average molecular weight is 686 g/mol. The van der Waals surface area contributed by atoms with Crippen molar-refractivity contribution in [1.29, 1.82) is 0 Å². The summed E-state index contributed by atoms with van der Waals surface area (Å²) in [4.78, 5) is 34.6. The Morgan fingerprint density at radius 2 is 1.72 bits per heavy atom. The van der Waals surface area contributed by atoms with Gasteiger partial charge in [-0.25, -0.2) is 14.6 Å². The van der Waals surface area contributed by atoms with Crippen molar-refractivity contribution in [3.63, 3.8) is 0 Å². The van der Waals surface area contributed by atoms with Gasteiger partial charge in [0.1, 0.15) is 17.4 Å². The number of benzene rings is 3. The number of thioether (sulfide) groups is 1. The van der Waals surface area contributed by atoms with Gasteiger partial charge in [0.05, 0.1) is 11.3 Å². The zero-order valence-electron chi connectivity index (χ0n) is 25.8. The molecule has 13 heteroatoms. The van der Waals surface area contributed by atoms with Crippen molar-refractivity contribution in [3.05, 3.63) is 100 Å². The zero-order chi connectivity index (χ0) is 33.6. The SMILES string of the molecule is Cc1cc(SCc2sc(-c3ccc(C(F)(F)F)cc3)nc2CN2CCN(C(=O)OCc3ccccc3)CC2)ccc1OC(C)C(=O)O. The number of hydrogen-bond donors (Lipinski definition) is 1. The number of aromatic nitrogens is 1. The lowest BCUT2D eigenvalue weighted by atomic mass is 10.1. The molecule has 248 valence electrons. The van der Waals surface area contributed by atoms with Crippen LogP contribution < -0.4 is 4.74 Å². The predicted octanol–water partition coefficient (Wildman–Crippen LogP) is 7.74. The van der Waals surface area contributed by atoms with E-state index in [-0.39, 0.29) is 12.7 Å². The zero-order valence-corrected chi connectivity index (χ0v) is 27.5. The number of aliphatic carboxylic acids is 1. The minimum Gasteiger partial charge on any atom is -0.479 e. The lowest BCUT2D eigenvalue weighted by Gasteiger charge is -2.33. The number of piperazine rings is 1. The van der Waals surface area contributed by atoms with Crippen LogP contribution in [0.2, 0.25) is 0 Å². The summed E-state index contributed by atoms with van der Waals surface area (Å²) in [6.45, 7) is 6.31. The van der Waals surface area contributed by atoms with Gasteiger partial charge in [0.2, 0.25) is 0 Å². The molecule has 8 nitrogen and oxygen atoms in total. The van der Waals surface area contributed by atoms with E-state index in [0.717, 1.165) is 38.7 Å². The third-order valence-electron chi connectivity index (χ3n) is 7.61. The Hall–Kier alpha value is -4.07. The van der Waals surface area contributed by atoms with Crippen LogP contribution in [0.5, 0.6) is 5.75 Å². The summed E-state index contributed by atoms with van der Waals surface area (Å²) in [7, 11) is 0. The van der Waals surface area contributed by atoms with Crippen LogP contribution in [0.25, 0.3) is 10.6 Å². The Kier molecular flexibility index (Phi) is 11.1. The van der Waals surface area contributed by atoms with E-state index in [4.69, 9.17) is 19.6 Å². The first-order chi connectivity index (χ1) is 22.5. The number of carbonyl (C=O) groups excluding carboxylic acids is 1. The van der Waals surface area contributed by atoms with Crippen LogP contribution in [0.1, 0.15) is 34.2 Å². The molecule has 4 aromatic rings. The van der Waals surface area contributed by atoms with E-state index >= 15 is 0 Å². The van der Waals surface area contributed by atoms with Crippen molar-refractivity contribution in [1.82, 2.24) is 14.8 Å². The van der Waals surface area contributed by atoms with Crippen LogP contribution in [-0.4, -0.2) is 64.2 Å². The number of carboxylic acids is 1. The second-order valence-electron chi connectivity index (χ2n) is 11.1. The number of carbonyl (C=O) groups is 2. The summed E-state index contributed by atoms with van der Waals surface area (Å²) in [6.07, 6.45) is -5.75. The molecule has 0 radical (unpaired) electrons. The van der Waals surface area contributed by atoms with E-state index < -0.39 is 23.8 Å². The highest BCUT2D eigenvalue weighted by atomic mass is 32.2. The number of ether oxygens (including phenoxy) is 2. The standard InChI is InChI=1S/C34H34F3N3O5S2/c1-22-18-27(12-13-29(22)45-23(2)32(41)42)46-21-30-28(38-31(47-30)25-8-10-26(11-9-25)34(35,36)37)19-39-14-16-40(17-15-39)33(43)44-20-24-6-4-3-5-7-24/h3-13,18,23H,14-17,19-21H2,1-2H3,(H,41,42). The Labute approximate surface area is 279 Å². The summed E-state index contributed by atoms with van der Waals surface area (Å²) in [5, 5.41) is 9.80. The second-order valence-corrected chi connectivity index (χ2v) is 13.2. The fraction of sp³-hybridized carbons (Fsp3) is 0.324. The topological polar surface area (TPSA) is 92.2 Å². The molecule has 1 aromatic heterocycles. The third kappa shape index (κ3) is 9.27. The van der Waals surface area contributed by atoms with Crippen LogP contribution >= 0.6 is 23.1 Å². The number of amides is 1. The van der Waals surface area contributed by atoms with Crippen molar-refractivity contribution in [2.75, 3.05) is 26.2 Å². The maximum absolute atomic E-state index is 13.2. The summed E-state index contributed by atoms with van der Waals surface area (Å²) >= 11 is 3.03. The highest BCUT2D eigenvalue weighted by Crippen LogP contribution is 2.36. The van der Waals surface area contributed by atoms with Crippen molar-refractivity contribution in [2.45, 2.75) is 49.9 Å². The molecule has 1 atom stereocenters. The molecule has 1 aliphatic rings. The molecular formula is C34H34F3N3O5S2. The first-order valence-electron chi connectivity index (χ1n) is 14.9. The number of hydrogen-bond acceptors (Lipinski definition) is 8. The van der Waals surface area contributed by atoms with E-state index in [1.54, 1.807) is 22.7 Å². The van der Waals surface area contributed by atoms with Gasteiger partial charge in [-0.1, -0.05) is 42.5 Å². The van der Waals surface area contributed by atoms with Crippen LogP contribution in [-0.2, 0) is 34.6 Å². The molecule has 1 unspecified atom stereocenters. The lowest BCUT2D eigenvalue weighted by molar-refractivity contribution is -0.144. The van der Waals surface area contributed by atoms with Crippen molar-refractivity contribution >= 4 is 35.2 Å². The molecule has 1 saturated heterocycles. The maximum atomic E-state index is 13.2. The highest BCUT2D eigenvalue weighted by molar-refractivity contribution is 7.98. The molecule has 2 heterocycles. The molecule has 0 saturated carbocycles. The molecule has 47 heavy (non-hydrogen) atoms. The van der Waals surface area contributed by atoms with Gasteiger partial charge in [0.15, 0.2) is 6.10 Å². The molecule has 1 N–H and O–H groups in total. The van der Waals surface area contributed by atoms with Crippen molar-refractivity contribution in [2.24, 2.45) is 0 Å². The third-order valence-corrected chi connectivity index (χ3v) is 9.96. The smallest absolute Gasteiger partial charge is 0.416 e. The van der Waals surface area contributed by atoms with Crippen LogP contribution in [0.15, 0.2) is 77.7 Å². The average Bonchev–Trinajstić information content (AvgIpc) is 3.46. The molecule has 1 fully saturated rings. The summed E-state index contributed by atoms with van der Waals surface area (Å²) in [5.41, 5.74) is 2.46. The normalized spacial score (nSPS) is 14.5. The molecular weight excluding hydrogens is 652 g/mol. The molecule has 0 spiro atoms. The number of carboxylic acid groups (broad SMARTS) is 1. The molecule has 3 aromatic carbocycles. The van der Waals surface area contributed by atoms with Crippen molar-refractivity contribution in [3.8, 4) is 16.3 Å². The summed E-state index contributed by atoms with van der Waals surface area (Å²) < 4.78 is 50.6. The molecule has 1 amide bonds. The fourth-order valence-corrected chi connectivity index (χ4v) is 7.06. The Morgan fingerprint density at radius 1 is 1.02 bits per heavy atom. The Balaban J connectivity index is 1.26. The minimum atomic E-state index is -4.42. The largest absolute Gasteiger partial charge is 0.479 e. The number of alkyl halides is 3. The minimum absolute atomic E-state index is 0.212. The van der Waals surface area contributed by atoms with Gasteiger partial charge in [-0.05, 0) is 55.3 Å². The van der Waals surface area contributed by atoms with Gasteiger partial charge < -0.3 is 19.5 Å². The van der Waals surface area contributed by atoms with E-state index in [2.05, 4.69) is 4.90 Å². The van der Waals surface area contributed by atoms with Crippen LogP contribution in [0, 0.1) is 6.92 Å². The van der Waals surface area contributed by atoms with Gasteiger partial charge in [-0.15, -0.1) is 23.1 Å². The summed E-state index contributed by atoms with van der Waals surface area (Å²) in [5.74, 6) is 0.0224. The molecule has 0 bridgehead atoms. The van der Waals surface area contributed by atoms with Gasteiger partial charge >= 0.3 is 18.2 Å². The number of thiazole rings is 1. The summed E-state index contributed by atoms with van der Waals surface area (Å²) in [6, 6.07) is 20.1. The number of aryl methyl sites for hydroxylation is 1. The Bertz CT molecular complexity index is 1670. The maximum Gasteiger partial charge on any atom is 0.416 e. The predicted molar refractivity (Wildman–Crippen MR) is 174 cm³/mol. The van der Waals surface area contributed by atoms with Gasteiger partial charge in [0.25, 0.3) is 0 Å². The highest BCUT2D eigenvalue weighted by Gasteiger charge is 2.30. The number of nitrogens with zero attached hydrogens (tertiary/aromatic N) is 3. The number of halogens is 3. The van der Waals surface area contributed by atoms with Crippen LogP contribution in [0.4, 0.5) is 18.0 Å². The number of rotatable bonds is 11. The van der Waals surface area contributed by atoms with E-state index in [0.29, 0.717) is 54.8 Å². The van der Waals surface area contributed by atoms with Gasteiger partial charge in [0, 0.05) is 53.8 Å². The quantitative estimate of drug-likeness (QED) is 0.161. The molecule has 1 aliphatic heterocycles. The lowest BCUT2D eigenvalue weighted by Crippen LogP contribution is -2.48. The first kappa shape index (κ1) is 34.3. The second kappa shape index (κ2) is 15.2. The van der Waals surface area contributed by atoms with Gasteiger partial charge in [-0.3, -0.25) is 4.90 Å².